The second-order valence-electron chi connectivity index (χ2n) is 5.45. The van der Waals surface area contributed by atoms with Crippen LogP contribution in [0.3, 0.4) is 0 Å². The topological polar surface area (TPSA) is 75.6 Å². The number of rotatable bonds is 3. The molecule has 6 heteroatoms. The van der Waals surface area contributed by atoms with Crippen LogP contribution in [0.25, 0.3) is 0 Å². The van der Waals surface area contributed by atoms with Gasteiger partial charge < -0.3 is 15.5 Å². The molecule has 0 spiro atoms. The molecule has 0 bridgehead atoms. The molecule has 1 heterocycles. The van der Waals surface area contributed by atoms with Gasteiger partial charge in [0, 0.05) is 42.6 Å². The highest BCUT2D eigenvalue weighted by atomic mass is 16.6. The molecule has 19 heavy (non-hydrogen) atoms. The van der Waals surface area contributed by atoms with Crippen molar-refractivity contribution in [3.8, 4) is 0 Å². The molecule has 104 valence electrons. The summed E-state index contributed by atoms with van der Waals surface area (Å²) in [7, 11) is 4.12. The van der Waals surface area contributed by atoms with E-state index in [2.05, 4.69) is 30.8 Å². The largest absolute Gasteiger partial charge is 0.398 e. The molecule has 1 aliphatic heterocycles. The third-order valence-corrected chi connectivity index (χ3v) is 3.74. The Morgan fingerprint density at radius 3 is 2.58 bits per heavy atom. The van der Waals surface area contributed by atoms with Crippen LogP contribution in [0, 0.1) is 16.0 Å². The molecule has 0 amide bonds. The summed E-state index contributed by atoms with van der Waals surface area (Å²) >= 11 is 0. The second kappa shape index (κ2) is 5.05. The SMILES string of the molecule is CC1CN(c2cc(N)cc([N+](=O)[O-])c2)CC1N(C)C. The molecule has 2 N–H and O–H groups in total. The number of non-ortho nitro benzene ring substituents is 1. The Morgan fingerprint density at radius 2 is 2.05 bits per heavy atom. The molecule has 2 rings (SSSR count). The second-order valence-corrected chi connectivity index (χ2v) is 5.45. The van der Waals surface area contributed by atoms with E-state index < -0.39 is 4.92 Å². The first-order chi connectivity index (χ1) is 8.88. The van der Waals surface area contributed by atoms with Crippen LogP contribution in [0.2, 0.25) is 0 Å². The van der Waals surface area contributed by atoms with Gasteiger partial charge in [0.1, 0.15) is 0 Å². The van der Waals surface area contributed by atoms with Crippen LogP contribution in [-0.2, 0) is 0 Å². The van der Waals surface area contributed by atoms with E-state index >= 15 is 0 Å². The zero-order valence-electron chi connectivity index (χ0n) is 11.5. The van der Waals surface area contributed by atoms with Gasteiger partial charge in [-0.1, -0.05) is 6.92 Å². The molecule has 0 aromatic heterocycles. The van der Waals surface area contributed by atoms with E-state index in [1.807, 2.05) is 0 Å². The lowest BCUT2D eigenvalue weighted by Crippen LogP contribution is -2.34. The molecule has 1 fully saturated rings. The number of benzene rings is 1. The van der Waals surface area contributed by atoms with E-state index in [9.17, 15) is 10.1 Å². The Kier molecular flexibility index (Phi) is 3.61. The van der Waals surface area contributed by atoms with E-state index in [0.717, 1.165) is 18.8 Å². The molecule has 1 saturated heterocycles. The minimum Gasteiger partial charge on any atom is -0.398 e. The van der Waals surface area contributed by atoms with Crippen molar-refractivity contribution in [3.63, 3.8) is 0 Å². The summed E-state index contributed by atoms with van der Waals surface area (Å²) in [6.07, 6.45) is 0. The maximum absolute atomic E-state index is 10.9. The zero-order valence-corrected chi connectivity index (χ0v) is 11.5. The van der Waals surface area contributed by atoms with Gasteiger partial charge in [0.25, 0.3) is 5.69 Å². The van der Waals surface area contributed by atoms with Crippen molar-refractivity contribution < 1.29 is 4.92 Å². The Labute approximate surface area is 112 Å². The first-order valence-electron chi connectivity index (χ1n) is 6.35. The van der Waals surface area contributed by atoms with Gasteiger partial charge in [-0.2, -0.15) is 0 Å². The number of likely N-dealkylation sites (N-methyl/N-ethyl adjacent to an activating group) is 1. The van der Waals surface area contributed by atoms with Gasteiger partial charge in [0.05, 0.1) is 4.92 Å². The predicted molar refractivity (Wildman–Crippen MR) is 76.4 cm³/mol. The summed E-state index contributed by atoms with van der Waals surface area (Å²) in [6, 6.07) is 5.26. The van der Waals surface area contributed by atoms with E-state index in [0.29, 0.717) is 17.6 Å². The van der Waals surface area contributed by atoms with Crippen molar-refractivity contribution in [1.29, 1.82) is 0 Å². The van der Waals surface area contributed by atoms with Gasteiger partial charge in [-0.25, -0.2) is 0 Å². The Morgan fingerprint density at radius 1 is 1.37 bits per heavy atom. The van der Waals surface area contributed by atoms with Crippen LogP contribution in [-0.4, -0.2) is 43.0 Å². The Bertz CT molecular complexity index is 490. The number of hydrogen-bond acceptors (Lipinski definition) is 5. The fourth-order valence-electron chi connectivity index (χ4n) is 2.74. The highest BCUT2D eigenvalue weighted by molar-refractivity contribution is 5.63. The van der Waals surface area contributed by atoms with Crippen molar-refractivity contribution in [2.75, 3.05) is 37.8 Å². The molecule has 0 radical (unpaired) electrons. The van der Waals surface area contributed by atoms with Gasteiger partial charge in [-0.3, -0.25) is 10.1 Å². The monoisotopic (exact) mass is 264 g/mol. The van der Waals surface area contributed by atoms with Crippen LogP contribution in [0.15, 0.2) is 18.2 Å². The minimum absolute atomic E-state index is 0.0518. The lowest BCUT2D eigenvalue weighted by atomic mass is 10.1. The maximum Gasteiger partial charge on any atom is 0.273 e. The van der Waals surface area contributed by atoms with Crippen LogP contribution < -0.4 is 10.6 Å². The van der Waals surface area contributed by atoms with Crippen molar-refractivity contribution in [2.24, 2.45) is 5.92 Å². The summed E-state index contributed by atoms with van der Waals surface area (Å²) in [5, 5.41) is 10.9. The average Bonchev–Trinajstić information content (AvgIpc) is 2.70. The molecular weight excluding hydrogens is 244 g/mol. The molecule has 1 aliphatic rings. The first-order valence-corrected chi connectivity index (χ1v) is 6.35. The van der Waals surface area contributed by atoms with E-state index in [-0.39, 0.29) is 5.69 Å². The van der Waals surface area contributed by atoms with Crippen LogP contribution >= 0.6 is 0 Å². The lowest BCUT2D eigenvalue weighted by Gasteiger charge is -2.23. The Hall–Kier alpha value is -1.82. The normalized spacial score (nSPS) is 23.1. The van der Waals surface area contributed by atoms with Gasteiger partial charge in [0.15, 0.2) is 0 Å². The Balaban J connectivity index is 2.26. The molecule has 0 saturated carbocycles. The average molecular weight is 264 g/mol. The fourth-order valence-corrected chi connectivity index (χ4v) is 2.74. The fraction of sp³-hybridized carbons (Fsp3) is 0.538. The van der Waals surface area contributed by atoms with Crippen molar-refractivity contribution in [3.05, 3.63) is 28.3 Å². The molecule has 0 aliphatic carbocycles. The summed E-state index contributed by atoms with van der Waals surface area (Å²) in [6.45, 7) is 3.96. The summed E-state index contributed by atoms with van der Waals surface area (Å²) in [5.41, 5.74) is 7.08. The van der Waals surface area contributed by atoms with Gasteiger partial charge in [-0.15, -0.1) is 0 Å². The number of nitro groups is 1. The highest BCUT2D eigenvalue weighted by Crippen LogP contribution is 2.30. The zero-order chi connectivity index (χ0) is 14.2. The van der Waals surface area contributed by atoms with Crippen molar-refractivity contribution >= 4 is 17.1 Å². The van der Waals surface area contributed by atoms with Gasteiger partial charge in [-0.05, 0) is 26.1 Å². The third kappa shape index (κ3) is 2.78. The van der Waals surface area contributed by atoms with E-state index in [1.165, 1.54) is 6.07 Å². The smallest absolute Gasteiger partial charge is 0.273 e. The molecule has 1 aromatic carbocycles. The summed E-state index contributed by atoms with van der Waals surface area (Å²) < 4.78 is 0. The molecule has 2 unspecified atom stereocenters. The number of anilines is 2. The number of nitrogens with zero attached hydrogens (tertiary/aromatic N) is 3. The molecule has 2 atom stereocenters. The quantitative estimate of drug-likeness (QED) is 0.509. The molecule has 1 aromatic rings. The summed E-state index contributed by atoms with van der Waals surface area (Å²) in [4.78, 5) is 14.8. The number of hydrogen-bond donors (Lipinski definition) is 1. The van der Waals surface area contributed by atoms with Crippen molar-refractivity contribution in [1.82, 2.24) is 4.90 Å². The first kappa shape index (κ1) is 13.6. The standard InChI is InChI=1S/C13H20N4O2/c1-9-7-16(8-13(9)15(2)3)11-4-10(14)5-12(6-11)17(18)19/h4-6,9,13H,7-8,14H2,1-3H3. The van der Waals surface area contributed by atoms with Crippen LogP contribution in [0.4, 0.5) is 17.1 Å². The predicted octanol–water partition coefficient (Wildman–Crippen LogP) is 1.56. The van der Waals surface area contributed by atoms with Gasteiger partial charge >= 0.3 is 0 Å². The molecule has 6 nitrogen and oxygen atoms in total. The summed E-state index contributed by atoms with van der Waals surface area (Å²) in [5.74, 6) is 0.524. The lowest BCUT2D eigenvalue weighted by molar-refractivity contribution is -0.384. The van der Waals surface area contributed by atoms with E-state index in [1.54, 1.807) is 12.1 Å². The minimum atomic E-state index is -0.400. The highest BCUT2D eigenvalue weighted by Gasteiger charge is 2.31. The number of nitro benzene ring substituents is 1. The van der Waals surface area contributed by atoms with Gasteiger partial charge in [0.2, 0.25) is 0 Å². The van der Waals surface area contributed by atoms with E-state index in [4.69, 9.17) is 5.73 Å². The van der Waals surface area contributed by atoms with Crippen molar-refractivity contribution in [2.45, 2.75) is 13.0 Å². The van der Waals surface area contributed by atoms with Crippen LogP contribution in [0.1, 0.15) is 6.92 Å². The third-order valence-electron chi connectivity index (χ3n) is 3.74. The number of nitrogens with two attached hydrogens (primary N) is 1. The maximum atomic E-state index is 10.9. The number of nitrogen functional groups attached to an aromatic ring is 1. The molecular formula is C13H20N4O2. The van der Waals surface area contributed by atoms with Crippen LogP contribution in [0.5, 0.6) is 0 Å².